The molecule has 3 aromatic rings. The lowest BCUT2D eigenvalue weighted by atomic mass is 10.1. The van der Waals surface area contributed by atoms with E-state index in [1.54, 1.807) is 27.5 Å². The molecule has 1 saturated heterocycles. The van der Waals surface area contributed by atoms with Crippen LogP contribution in [0.4, 0.5) is 5.95 Å². The molecule has 12 nitrogen and oxygen atoms in total. The quantitative estimate of drug-likeness (QED) is 0.342. The number of hydrogen-bond donors (Lipinski definition) is 2. The first-order valence-corrected chi connectivity index (χ1v) is 10.8. The van der Waals surface area contributed by atoms with Crippen molar-refractivity contribution >= 4 is 28.8 Å². The zero-order chi connectivity index (χ0) is 24.2. The fourth-order valence-corrected chi connectivity index (χ4v) is 3.62. The van der Waals surface area contributed by atoms with Crippen LogP contribution in [0.5, 0.6) is 5.75 Å². The van der Waals surface area contributed by atoms with Crippen LogP contribution in [-0.2, 0) is 17.8 Å². The van der Waals surface area contributed by atoms with E-state index in [1.165, 1.54) is 12.1 Å². The average Bonchev–Trinajstić information content (AvgIpc) is 3.33. The fourth-order valence-electron chi connectivity index (χ4n) is 3.62. The summed E-state index contributed by atoms with van der Waals surface area (Å²) in [5.41, 5.74) is 7.77. The maximum absolute atomic E-state index is 13.1. The zero-order valence-corrected chi connectivity index (χ0v) is 18.9. The number of aryl methyl sites for hydroxylation is 2. The molecule has 0 spiro atoms. The molecule has 0 bridgehead atoms. The van der Waals surface area contributed by atoms with Gasteiger partial charge in [-0.1, -0.05) is 17.3 Å². The van der Waals surface area contributed by atoms with E-state index >= 15 is 0 Å². The highest BCUT2D eigenvalue weighted by atomic mass is 16.7. The van der Waals surface area contributed by atoms with E-state index in [9.17, 15) is 14.5 Å². The largest absolute Gasteiger partial charge is 0.463 e. The Bertz CT molecular complexity index is 1270. The van der Waals surface area contributed by atoms with E-state index in [4.69, 9.17) is 15.2 Å². The van der Waals surface area contributed by atoms with Crippen molar-refractivity contribution in [2.24, 2.45) is 10.9 Å². The second-order valence-corrected chi connectivity index (χ2v) is 7.68. The molecule has 3 N–H and O–H groups in total. The van der Waals surface area contributed by atoms with Gasteiger partial charge in [-0.15, -0.1) is 0 Å². The number of allylic oxidation sites excluding steroid dienone is 1. The highest BCUT2D eigenvalue weighted by molar-refractivity contribution is 6.04. The molecule has 178 valence electrons. The molecule has 0 saturated carbocycles. The van der Waals surface area contributed by atoms with Crippen molar-refractivity contribution in [2.45, 2.75) is 39.6 Å². The first kappa shape index (κ1) is 23.1. The summed E-state index contributed by atoms with van der Waals surface area (Å²) in [6.07, 6.45) is 3.58. The number of fused-ring (bicyclic) bond motifs is 1. The number of amides is 2. The van der Waals surface area contributed by atoms with E-state index in [0.29, 0.717) is 47.7 Å². The van der Waals surface area contributed by atoms with Gasteiger partial charge in [0.25, 0.3) is 5.91 Å². The molecule has 1 aliphatic heterocycles. The first-order valence-electron chi connectivity index (χ1n) is 10.8. The number of aromatic nitrogens is 4. The van der Waals surface area contributed by atoms with Crippen LogP contribution < -0.4 is 15.8 Å². The van der Waals surface area contributed by atoms with Gasteiger partial charge in [0, 0.05) is 25.1 Å². The van der Waals surface area contributed by atoms with Gasteiger partial charge in [0.1, 0.15) is 17.0 Å². The number of carbonyl (C=O) groups is 2. The van der Waals surface area contributed by atoms with Crippen LogP contribution in [0.2, 0.25) is 0 Å². The number of carbonyl (C=O) groups excluding carboxylic acids is 2. The number of nitrogens with two attached hydrogens (primary N) is 1. The normalized spacial score (nSPS) is 15.4. The van der Waals surface area contributed by atoms with Crippen LogP contribution in [0.15, 0.2) is 35.5 Å². The molecule has 0 aliphatic carbocycles. The third kappa shape index (κ3) is 4.66. The van der Waals surface area contributed by atoms with Crippen molar-refractivity contribution in [3.63, 3.8) is 0 Å². The van der Waals surface area contributed by atoms with Crippen molar-refractivity contribution in [1.29, 1.82) is 0 Å². The SMILES string of the molecule is CCn1nc(C)cc1C(=O)Nc1nc2cc(C(N)=O)cc(OC3CCO3)c2n1C/C=C/CN=O. The summed E-state index contributed by atoms with van der Waals surface area (Å²) in [5, 5.41) is 9.97. The predicted octanol–water partition coefficient (Wildman–Crippen LogP) is 2.36. The Kier molecular flexibility index (Phi) is 6.68. The minimum absolute atomic E-state index is 0.00831. The number of benzene rings is 1. The van der Waals surface area contributed by atoms with Crippen molar-refractivity contribution in [3.8, 4) is 5.75 Å². The maximum atomic E-state index is 13.1. The van der Waals surface area contributed by atoms with Gasteiger partial charge in [0.2, 0.25) is 18.1 Å². The van der Waals surface area contributed by atoms with Crippen LogP contribution >= 0.6 is 0 Å². The summed E-state index contributed by atoms with van der Waals surface area (Å²) in [6.45, 7) is 5.06. The molecule has 1 fully saturated rings. The van der Waals surface area contributed by atoms with Gasteiger partial charge in [0.15, 0.2) is 0 Å². The van der Waals surface area contributed by atoms with Crippen molar-refractivity contribution in [3.05, 3.63) is 52.2 Å². The smallest absolute Gasteiger partial charge is 0.276 e. The Balaban J connectivity index is 1.80. The lowest BCUT2D eigenvalue weighted by Gasteiger charge is -2.27. The fraction of sp³-hybridized carbons (Fsp3) is 0.364. The molecule has 1 aromatic carbocycles. The first-order chi connectivity index (χ1) is 16.4. The van der Waals surface area contributed by atoms with Crippen LogP contribution in [0, 0.1) is 11.8 Å². The van der Waals surface area contributed by atoms with Gasteiger partial charge in [-0.2, -0.15) is 10.0 Å². The van der Waals surface area contributed by atoms with E-state index in [0.717, 1.165) is 0 Å². The Hall–Kier alpha value is -4.06. The second kappa shape index (κ2) is 9.83. The third-order valence-electron chi connectivity index (χ3n) is 5.30. The maximum Gasteiger partial charge on any atom is 0.276 e. The molecule has 1 unspecified atom stereocenters. The minimum atomic E-state index is -0.638. The minimum Gasteiger partial charge on any atom is -0.463 e. The molecular weight excluding hydrogens is 442 g/mol. The third-order valence-corrected chi connectivity index (χ3v) is 5.30. The number of primary amides is 1. The highest BCUT2D eigenvalue weighted by Crippen LogP contribution is 2.33. The van der Waals surface area contributed by atoms with E-state index in [-0.39, 0.29) is 24.6 Å². The van der Waals surface area contributed by atoms with Crippen LogP contribution in [0.3, 0.4) is 0 Å². The van der Waals surface area contributed by atoms with Crippen molar-refractivity contribution in [1.82, 2.24) is 19.3 Å². The lowest BCUT2D eigenvalue weighted by molar-refractivity contribution is -0.164. The topological polar surface area (TPSA) is 156 Å². The molecule has 1 aliphatic rings. The Morgan fingerprint density at radius 1 is 1.35 bits per heavy atom. The van der Waals surface area contributed by atoms with Crippen LogP contribution in [0.25, 0.3) is 11.0 Å². The van der Waals surface area contributed by atoms with E-state index < -0.39 is 18.1 Å². The number of anilines is 1. The molecule has 4 rings (SSSR count). The average molecular weight is 467 g/mol. The summed E-state index contributed by atoms with van der Waals surface area (Å²) >= 11 is 0. The summed E-state index contributed by atoms with van der Waals surface area (Å²) in [4.78, 5) is 40.0. The number of nitroso groups, excluding NO2 is 1. The molecule has 34 heavy (non-hydrogen) atoms. The number of nitrogens with one attached hydrogen (secondary N) is 1. The van der Waals surface area contributed by atoms with Gasteiger partial charge in [-0.25, -0.2) is 4.98 Å². The van der Waals surface area contributed by atoms with E-state index in [1.807, 2.05) is 13.8 Å². The summed E-state index contributed by atoms with van der Waals surface area (Å²) in [6, 6.07) is 4.76. The summed E-state index contributed by atoms with van der Waals surface area (Å²) < 4.78 is 14.7. The monoisotopic (exact) mass is 467 g/mol. The molecular formula is C22H25N7O5. The Morgan fingerprint density at radius 2 is 2.15 bits per heavy atom. The Labute approximate surface area is 194 Å². The predicted molar refractivity (Wildman–Crippen MR) is 124 cm³/mol. The van der Waals surface area contributed by atoms with Gasteiger partial charge >= 0.3 is 0 Å². The number of rotatable bonds is 10. The van der Waals surface area contributed by atoms with Crippen LogP contribution in [-0.4, -0.2) is 50.6 Å². The van der Waals surface area contributed by atoms with Gasteiger partial charge in [-0.05, 0) is 32.0 Å². The van der Waals surface area contributed by atoms with Crippen molar-refractivity contribution < 1.29 is 19.1 Å². The number of nitrogens with zero attached hydrogens (tertiary/aromatic N) is 5. The van der Waals surface area contributed by atoms with E-state index in [2.05, 4.69) is 20.6 Å². The molecule has 2 aromatic heterocycles. The molecule has 1 atom stereocenters. The van der Waals surface area contributed by atoms with Crippen LogP contribution in [0.1, 0.15) is 39.9 Å². The Morgan fingerprint density at radius 3 is 2.79 bits per heavy atom. The molecule has 3 heterocycles. The lowest BCUT2D eigenvalue weighted by Crippen LogP contribution is -2.32. The second-order valence-electron chi connectivity index (χ2n) is 7.68. The molecule has 2 amide bonds. The standard InChI is InChI=1S/C22H25N7O5/c1-3-29-16(10-13(2)27-29)21(31)26-22-25-15-11-14(20(23)30)12-17(34-18-6-9-33-18)19(15)28(22)8-5-4-7-24-32/h4-5,10-12,18H,3,6-9H2,1-2H3,(H2,23,30)(H,25,26,31)/b5-4+. The van der Waals surface area contributed by atoms with Gasteiger partial charge in [-0.3, -0.25) is 19.6 Å². The molecule has 0 radical (unpaired) electrons. The zero-order valence-electron chi connectivity index (χ0n) is 18.9. The summed E-state index contributed by atoms with van der Waals surface area (Å²) in [5.74, 6) is -0.454. The highest BCUT2D eigenvalue weighted by Gasteiger charge is 2.25. The number of hydrogen-bond acceptors (Lipinski definition) is 8. The van der Waals surface area contributed by atoms with Crippen molar-refractivity contribution in [2.75, 3.05) is 18.5 Å². The van der Waals surface area contributed by atoms with Gasteiger partial charge < -0.3 is 19.8 Å². The van der Waals surface area contributed by atoms with Gasteiger partial charge in [0.05, 0.1) is 24.4 Å². The number of imidazole rings is 1. The summed E-state index contributed by atoms with van der Waals surface area (Å²) in [7, 11) is 0. The number of ether oxygens (including phenoxy) is 2. The molecule has 12 heteroatoms.